The second-order valence-electron chi connectivity index (χ2n) is 10.1. The number of nitrogens with zero attached hydrogens (tertiary/aromatic N) is 5. The monoisotopic (exact) mass is 505 g/mol. The van der Waals surface area contributed by atoms with Crippen molar-refractivity contribution in [3.8, 4) is 23.0 Å². The van der Waals surface area contributed by atoms with E-state index in [1.807, 2.05) is 41.8 Å². The van der Waals surface area contributed by atoms with Gasteiger partial charge >= 0.3 is 0 Å². The van der Waals surface area contributed by atoms with E-state index < -0.39 is 0 Å². The first-order chi connectivity index (χ1) is 17.4. The van der Waals surface area contributed by atoms with Gasteiger partial charge in [-0.15, -0.1) is 0 Å². The molecular weight excluding hydrogens is 478 g/mol. The average Bonchev–Trinajstić information content (AvgIpc) is 3.24. The zero-order valence-electron chi connectivity index (χ0n) is 20.3. The van der Waals surface area contributed by atoms with Gasteiger partial charge in [-0.1, -0.05) is 11.6 Å². The molecule has 1 aromatic carbocycles. The summed E-state index contributed by atoms with van der Waals surface area (Å²) in [7, 11) is 0. The van der Waals surface area contributed by atoms with E-state index in [4.69, 9.17) is 26.1 Å². The molecule has 0 amide bonds. The maximum Gasteiger partial charge on any atom is 0.245 e. The molecule has 6 rings (SSSR count). The van der Waals surface area contributed by atoms with Gasteiger partial charge in [-0.05, 0) is 75.4 Å². The highest BCUT2D eigenvalue weighted by atomic mass is 35.5. The van der Waals surface area contributed by atoms with Crippen LogP contribution in [-0.2, 0) is 6.54 Å². The van der Waals surface area contributed by atoms with Gasteiger partial charge in [0, 0.05) is 18.2 Å². The number of aromatic nitrogens is 5. The molecule has 0 aliphatic heterocycles. The lowest BCUT2D eigenvalue weighted by Crippen LogP contribution is -2.13. The topological polar surface area (TPSA) is 95.2 Å². The smallest absolute Gasteiger partial charge is 0.245 e. The summed E-state index contributed by atoms with van der Waals surface area (Å²) in [6.45, 7) is 4.59. The molecule has 2 aliphatic carbocycles. The van der Waals surface area contributed by atoms with Crippen molar-refractivity contribution in [1.29, 1.82) is 0 Å². The summed E-state index contributed by atoms with van der Waals surface area (Å²) >= 11 is 6.80. The molecule has 0 radical (unpaired) electrons. The fourth-order valence-electron chi connectivity index (χ4n) is 4.67. The number of rotatable bonds is 7. The van der Waals surface area contributed by atoms with Crippen molar-refractivity contribution in [2.24, 2.45) is 0 Å². The Morgan fingerprint density at radius 1 is 1.14 bits per heavy atom. The Bertz CT molecular complexity index is 1430. The molecule has 0 spiro atoms. The highest BCUT2D eigenvalue weighted by Crippen LogP contribution is 2.41. The standard InChI is InChI=1S/C27H28ClN5O3/c1-16-7-10-29-17(11-16)14-33-24(32-23-25(33)30-15-31-26(23)36-27(2)8-9-27)21-6-5-20(13-22(21)28)35-19-4-3-18(34)12-19/h5-7,10-11,13,15,18-19,34H,3-4,8-9,12,14H2,1-2H3/t18-,19-/m1/s1. The maximum absolute atomic E-state index is 9.82. The predicted octanol–water partition coefficient (Wildman–Crippen LogP) is 5.12. The van der Waals surface area contributed by atoms with Gasteiger partial charge in [0.25, 0.3) is 0 Å². The van der Waals surface area contributed by atoms with Gasteiger partial charge in [-0.3, -0.25) is 4.98 Å². The van der Waals surface area contributed by atoms with Crippen molar-refractivity contribution in [2.45, 2.75) is 70.3 Å². The molecule has 3 aromatic heterocycles. The van der Waals surface area contributed by atoms with Crippen LogP contribution in [0.5, 0.6) is 11.6 Å². The van der Waals surface area contributed by atoms with Crippen LogP contribution in [0.3, 0.4) is 0 Å². The number of imidazole rings is 1. The van der Waals surface area contributed by atoms with E-state index in [1.165, 1.54) is 6.33 Å². The number of pyridine rings is 1. The van der Waals surface area contributed by atoms with Gasteiger partial charge in [-0.25, -0.2) is 9.97 Å². The highest BCUT2D eigenvalue weighted by molar-refractivity contribution is 6.33. The molecule has 186 valence electrons. The van der Waals surface area contributed by atoms with Crippen LogP contribution in [0.25, 0.3) is 22.6 Å². The number of aryl methyl sites for hydroxylation is 1. The van der Waals surface area contributed by atoms with E-state index in [9.17, 15) is 5.11 Å². The number of halogens is 1. The second kappa shape index (κ2) is 9.01. The van der Waals surface area contributed by atoms with Gasteiger partial charge in [-0.2, -0.15) is 4.98 Å². The molecule has 2 saturated carbocycles. The molecule has 8 nitrogen and oxygen atoms in total. The van der Waals surface area contributed by atoms with Crippen LogP contribution in [0.4, 0.5) is 0 Å². The van der Waals surface area contributed by atoms with Crippen LogP contribution in [0.2, 0.25) is 5.02 Å². The Balaban J connectivity index is 1.42. The zero-order valence-corrected chi connectivity index (χ0v) is 21.1. The Morgan fingerprint density at radius 3 is 2.72 bits per heavy atom. The Morgan fingerprint density at radius 2 is 2.00 bits per heavy atom. The van der Waals surface area contributed by atoms with Crippen molar-refractivity contribution in [3.63, 3.8) is 0 Å². The number of hydrogen-bond donors (Lipinski definition) is 1. The number of hydrogen-bond acceptors (Lipinski definition) is 7. The van der Waals surface area contributed by atoms with Gasteiger partial charge < -0.3 is 19.1 Å². The van der Waals surface area contributed by atoms with Crippen LogP contribution in [0.1, 0.15) is 50.3 Å². The minimum absolute atomic E-state index is 0.00217. The summed E-state index contributed by atoms with van der Waals surface area (Å²) in [5.74, 6) is 1.82. The van der Waals surface area contributed by atoms with Gasteiger partial charge in [0.15, 0.2) is 11.2 Å². The van der Waals surface area contributed by atoms with Crippen LogP contribution in [0.15, 0.2) is 42.9 Å². The molecule has 2 aliphatic rings. The second-order valence-corrected chi connectivity index (χ2v) is 10.5. The third kappa shape index (κ3) is 4.63. The number of ether oxygens (including phenoxy) is 2. The van der Waals surface area contributed by atoms with E-state index in [-0.39, 0.29) is 17.8 Å². The van der Waals surface area contributed by atoms with Crippen LogP contribution in [0, 0.1) is 6.92 Å². The first-order valence-corrected chi connectivity index (χ1v) is 12.7. The Kier molecular flexibility index (Phi) is 5.80. The summed E-state index contributed by atoms with van der Waals surface area (Å²) in [4.78, 5) is 18.5. The molecule has 36 heavy (non-hydrogen) atoms. The molecule has 2 fully saturated rings. The maximum atomic E-state index is 9.82. The number of fused-ring (bicyclic) bond motifs is 1. The lowest BCUT2D eigenvalue weighted by molar-refractivity contribution is 0.150. The molecule has 0 unspecified atom stereocenters. The first-order valence-electron chi connectivity index (χ1n) is 12.3. The summed E-state index contributed by atoms with van der Waals surface area (Å²) < 4.78 is 14.3. The van der Waals surface area contributed by atoms with Crippen molar-refractivity contribution < 1.29 is 14.6 Å². The van der Waals surface area contributed by atoms with Gasteiger partial charge in [0.2, 0.25) is 5.88 Å². The van der Waals surface area contributed by atoms with Gasteiger partial charge in [0.05, 0.1) is 23.4 Å². The molecule has 1 N–H and O–H groups in total. The van der Waals surface area contributed by atoms with E-state index in [0.717, 1.165) is 42.5 Å². The lowest BCUT2D eigenvalue weighted by Gasteiger charge is -2.15. The molecule has 9 heteroatoms. The summed E-state index contributed by atoms with van der Waals surface area (Å²) in [6.07, 6.45) is 7.24. The fraction of sp³-hybridized carbons (Fsp3) is 0.407. The van der Waals surface area contributed by atoms with Gasteiger partial charge in [0.1, 0.15) is 29.6 Å². The van der Waals surface area contributed by atoms with Crippen molar-refractivity contribution in [2.75, 3.05) is 0 Å². The quantitative estimate of drug-likeness (QED) is 0.372. The number of aliphatic hydroxyl groups is 1. The van der Waals surface area contributed by atoms with Crippen molar-refractivity contribution in [3.05, 3.63) is 59.1 Å². The molecule has 3 heterocycles. The van der Waals surface area contributed by atoms with Crippen LogP contribution >= 0.6 is 11.6 Å². The Labute approximate surface area is 214 Å². The molecule has 2 atom stereocenters. The number of aliphatic hydroxyl groups excluding tert-OH is 1. The van der Waals surface area contributed by atoms with Crippen molar-refractivity contribution in [1.82, 2.24) is 24.5 Å². The molecule has 4 aromatic rings. The minimum Gasteiger partial charge on any atom is -0.490 e. The first kappa shape index (κ1) is 23.2. The number of benzene rings is 1. The normalized spacial score (nSPS) is 20.6. The largest absolute Gasteiger partial charge is 0.490 e. The lowest BCUT2D eigenvalue weighted by atomic mass is 10.2. The molecular formula is C27H28ClN5O3. The van der Waals surface area contributed by atoms with E-state index >= 15 is 0 Å². The highest BCUT2D eigenvalue weighted by Gasteiger charge is 2.41. The zero-order chi connectivity index (χ0) is 24.9. The average molecular weight is 506 g/mol. The summed E-state index contributed by atoms with van der Waals surface area (Å²) in [5, 5.41) is 10.3. The molecule has 0 bridgehead atoms. The fourth-order valence-corrected chi connectivity index (χ4v) is 4.93. The third-order valence-electron chi connectivity index (χ3n) is 6.93. The minimum atomic E-state index is -0.296. The third-order valence-corrected chi connectivity index (χ3v) is 7.24. The SMILES string of the molecule is Cc1ccnc(Cn2c(-c3ccc(O[C@@H]4CC[C@@H](O)C4)cc3Cl)nc3c(OC4(C)CC4)ncnc32)c1. The predicted molar refractivity (Wildman–Crippen MR) is 136 cm³/mol. The summed E-state index contributed by atoms with van der Waals surface area (Å²) in [6, 6.07) is 9.65. The van der Waals surface area contributed by atoms with E-state index in [1.54, 1.807) is 6.20 Å². The van der Waals surface area contributed by atoms with Crippen LogP contribution in [-0.4, -0.2) is 47.4 Å². The van der Waals surface area contributed by atoms with Crippen molar-refractivity contribution >= 4 is 22.8 Å². The van der Waals surface area contributed by atoms with Crippen LogP contribution < -0.4 is 9.47 Å². The molecule has 0 saturated heterocycles. The summed E-state index contributed by atoms with van der Waals surface area (Å²) in [5.41, 5.74) is 3.84. The Hall–Kier alpha value is -3.23. The van der Waals surface area contributed by atoms with E-state index in [2.05, 4.69) is 21.9 Å². The van der Waals surface area contributed by atoms with E-state index in [0.29, 0.717) is 46.6 Å².